The number of aliphatic hydroxyl groups is 1. The van der Waals surface area contributed by atoms with Crippen LogP contribution in [0.1, 0.15) is 226 Å². The number of fused-ring (bicyclic) bond motifs is 5. The van der Waals surface area contributed by atoms with Gasteiger partial charge < -0.3 is 14.9 Å². The fourth-order valence-electron chi connectivity index (χ4n) is 12.7. The first-order valence-corrected chi connectivity index (χ1v) is 29.3. The first-order valence-electron chi connectivity index (χ1n) is 29.3. The van der Waals surface area contributed by atoms with Crippen molar-refractivity contribution in [1.29, 1.82) is 0 Å². The third kappa shape index (κ3) is 11.9. The Hall–Kier alpha value is -5.07. The van der Waals surface area contributed by atoms with E-state index in [9.17, 15) is 15.4 Å². The summed E-state index contributed by atoms with van der Waals surface area (Å²) in [6.07, 6.45) is 33.8. The summed E-state index contributed by atoms with van der Waals surface area (Å²) in [6.45, 7) is 25.7. The van der Waals surface area contributed by atoms with Crippen LogP contribution in [0, 0.1) is 0 Å². The molecule has 1 unspecified atom stereocenters. The molecule has 0 spiro atoms. The number of carbonyl (C=O) groups is 1. The molecule has 8 heteroatoms. The van der Waals surface area contributed by atoms with Gasteiger partial charge in [-0.05, 0) is 91.7 Å². The average molecular weight is 990 g/mol. The van der Waals surface area contributed by atoms with Gasteiger partial charge >= 0.3 is 0 Å². The second kappa shape index (κ2) is 25.4. The highest BCUT2D eigenvalue weighted by Crippen LogP contribution is 2.56. The number of unbranched alkanes of at least 4 members (excludes halogenated alkanes) is 21. The highest BCUT2D eigenvalue weighted by molar-refractivity contribution is 6.24. The van der Waals surface area contributed by atoms with Crippen molar-refractivity contribution >= 4 is 39.3 Å². The lowest BCUT2D eigenvalue weighted by atomic mass is 9.76. The molecule has 0 fully saturated rings. The quantitative estimate of drug-likeness (QED) is 0.0173. The molecule has 1 aliphatic carbocycles. The summed E-state index contributed by atoms with van der Waals surface area (Å²) >= 11 is 0. The van der Waals surface area contributed by atoms with Crippen LogP contribution in [0.5, 0.6) is 0 Å². The summed E-state index contributed by atoms with van der Waals surface area (Å²) in [6, 6.07) is 17.9. The number of nitrogens with zero attached hydrogens (tertiary/aromatic N) is 6. The Morgan fingerprint density at radius 2 is 1.18 bits per heavy atom. The Morgan fingerprint density at radius 1 is 0.658 bits per heavy atom. The predicted octanol–water partition coefficient (Wildman–Crippen LogP) is 18.5. The third-order valence-electron chi connectivity index (χ3n) is 17.3. The molecule has 394 valence electrons. The van der Waals surface area contributed by atoms with E-state index in [4.69, 9.17) is 6.58 Å². The molecule has 3 aromatic carbocycles. The molecule has 3 aliphatic heterocycles. The van der Waals surface area contributed by atoms with E-state index in [1.165, 1.54) is 156 Å². The minimum atomic E-state index is -0.554. The predicted molar refractivity (Wildman–Crippen MR) is 310 cm³/mol. The van der Waals surface area contributed by atoms with Crippen LogP contribution in [0.25, 0.3) is 21.2 Å². The molecule has 3 aromatic rings. The topological polar surface area (TPSA) is 95.6 Å². The monoisotopic (exact) mass is 990 g/mol. The van der Waals surface area contributed by atoms with Crippen LogP contribution in [0.3, 0.4) is 0 Å². The molecule has 73 heavy (non-hydrogen) atoms. The Balaban J connectivity index is 1.23. The lowest BCUT2D eigenvalue weighted by Gasteiger charge is -2.30. The molecule has 0 radical (unpaired) electrons. The molecule has 0 saturated heterocycles. The Morgan fingerprint density at radius 3 is 1.75 bits per heavy atom. The molecular weight excluding hydrogens is 897 g/mol. The number of benzene rings is 3. The van der Waals surface area contributed by atoms with Crippen molar-refractivity contribution in [3.63, 3.8) is 0 Å². The first-order chi connectivity index (χ1) is 35.3. The highest BCUT2D eigenvalue weighted by Gasteiger charge is 2.50. The second-order valence-electron chi connectivity index (χ2n) is 23.4. The lowest BCUT2D eigenvalue weighted by molar-refractivity contribution is -0.438. The maximum Gasteiger partial charge on any atom is 0.210 e. The van der Waals surface area contributed by atoms with E-state index < -0.39 is 10.8 Å². The number of carbonyl (C=O) groups excluding carboxylic acids is 1. The van der Waals surface area contributed by atoms with Gasteiger partial charge in [-0.1, -0.05) is 199 Å². The van der Waals surface area contributed by atoms with Gasteiger partial charge in [0.2, 0.25) is 11.5 Å². The van der Waals surface area contributed by atoms with Crippen molar-refractivity contribution in [3.8, 4) is 0 Å². The number of hydrogen-bond donors (Lipinski definition) is 1. The Labute approximate surface area is 441 Å². The van der Waals surface area contributed by atoms with Gasteiger partial charge in [0.15, 0.2) is 5.71 Å². The molecular formula is C65H93N6O2+. The Bertz CT molecular complexity index is 2620. The molecule has 1 atom stereocenters. The summed E-state index contributed by atoms with van der Waals surface area (Å²) in [5, 5.41) is 18.9. The zero-order valence-corrected chi connectivity index (χ0v) is 46.8. The van der Waals surface area contributed by atoms with Gasteiger partial charge in [0.25, 0.3) is 0 Å². The Kier molecular flexibility index (Phi) is 19.4. The number of Topliss-reactive ketones (excluding diaryl/α,β-unsaturated/α-hetero) is 1. The summed E-state index contributed by atoms with van der Waals surface area (Å²) in [5.74, 6) is -0.0121. The van der Waals surface area contributed by atoms with E-state index >= 15 is 0 Å². The maximum absolute atomic E-state index is 14.8. The van der Waals surface area contributed by atoms with Gasteiger partial charge in [0.1, 0.15) is 12.3 Å². The number of azide groups is 1. The summed E-state index contributed by atoms with van der Waals surface area (Å²) in [5.41, 5.74) is 19.3. The van der Waals surface area contributed by atoms with Crippen molar-refractivity contribution in [2.24, 2.45) is 5.11 Å². The van der Waals surface area contributed by atoms with Crippen LogP contribution in [-0.4, -0.2) is 47.4 Å². The number of aliphatic hydroxyl groups excluding tert-OH is 1. The largest absolute Gasteiger partial charge is 0.506 e. The molecule has 3 heterocycles. The van der Waals surface area contributed by atoms with Crippen LogP contribution in [0.2, 0.25) is 0 Å². The molecule has 1 N–H and O–H groups in total. The summed E-state index contributed by atoms with van der Waals surface area (Å²) < 4.78 is 2.45. The molecule has 0 saturated carbocycles. The van der Waals surface area contributed by atoms with Gasteiger partial charge in [-0.25, -0.2) is 0 Å². The average Bonchev–Trinajstić information content (AvgIpc) is 3.83. The van der Waals surface area contributed by atoms with Crippen molar-refractivity contribution in [2.45, 2.75) is 226 Å². The fourth-order valence-corrected chi connectivity index (χ4v) is 12.7. The van der Waals surface area contributed by atoms with E-state index in [1.807, 2.05) is 12.2 Å². The molecule has 0 aromatic heterocycles. The van der Waals surface area contributed by atoms with Gasteiger partial charge in [0, 0.05) is 82.3 Å². The zero-order valence-electron chi connectivity index (χ0n) is 46.8. The zero-order chi connectivity index (χ0) is 52.2. The van der Waals surface area contributed by atoms with Crippen LogP contribution in [0.4, 0.5) is 17.1 Å². The van der Waals surface area contributed by atoms with Crippen molar-refractivity contribution in [1.82, 2.24) is 0 Å². The number of hydrogen-bond acceptors (Lipinski definition) is 5. The van der Waals surface area contributed by atoms with Crippen LogP contribution >= 0.6 is 0 Å². The number of rotatable bonds is 31. The highest BCUT2D eigenvalue weighted by atomic mass is 16.3. The molecule has 0 bridgehead atoms. The van der Waals surface area contributed by atoms with Gasteiger partial charge in [-0.3, -0.25) is 4.79 Å². The first kappa shape index (κ1) is 55.7. The number of ketones is 1. The van der Waals surface area contributed by atoms with E-state index in [0.29, 0.717) is 17.7 Å². The number of allylic oxidation sites excluding steroid dienone is 5. The van der Waals surface area contributed by atoms with Gasteiger partial charge in [-0.2, -0.15) is 4.58 Å². The van der Waals surface area contributed by atoms with Crippen LogP contribution in [0.15, 0.2) is 101 Å². The van der Waals surface area contributed by atoms with E-state index in [0.717, 1.165) is 79.4 Å². The van der Waals surface area contributed by atoms with Crippen molar-refractivity contribution in [3.05, 3.63) is 123 Å². The second-order valence-corrected chi connectivity index (χ2v) is 23.4. The maximum atomic E-state index is 14.8. The standard InChI is InChI=1S/C65H92N6O2/c1-10-13-16-19-22-25-28-33-40-69-48(4)65(9,47-67-68-66)54-46-56-53(45-57(54)69)63(5,6)58(71(56)42-35-30-27-24-21-18-15-12-3)43-51-61(72)52(62(51)73)44-59-64(7,8)60-50-37-32-31-36-49(50)38-39-55(60)70(59)41-34-29-26-23-20-17-14-11-2/h31-32,36-39,43-46H,4,10-30,33-35,40-42,47H2,1-3,5-9H3/p+1. The van der Waals surface area contributed by atoms with E-state index in [-0.39, 0.29) is 17.0 Å². The SMILES string of the molecule is C=C1N(CCCCCCCCCC)c2cc3c(cc2C1(C)CN=[N+]=[N-])N(CCCCCCCCCC)/C(=C/C1=C(O)C(=C\C2=[N+](CCCCCCCCCC)c4ccc5ccccc5c4C2(C)C)/C1=O)C3(C)C. The molecule has 0 amide bonds. The van der Waals surface area contributed by atoms with E-state index in [1.54, 1.807) is 0 Å². The van der Waals surface area contributed by atoms with Crippen LogP contribution in [-0.2, 0) is 21.0 Å². The van der Waals surface area contributed by atoms with Crippen LogP contribution < -0.4 is 9.80 Å². The molecule has 4 aliphatic rings. The van der Waals surface area contributed by atoms with Crippen molar-refractivity contribution < 1.29 is 14.5 Å². The van der Waals surface area contributed by atoms with Gasteiger partial charge in [0.05, 0.1) is 16.6 Å². The summed E-state index contributed by atoms with van der Waals surface area (Å²) in [7, 11) is 0. The molecule has 7 rings (SSSR count). The van der Waals surface area contributed by atoms with E-state index in [2.05, 4.69) is 128 Å². The van der Waals surface area contributed by atoms with Gasteiger partial charge in [-0.15, -0.1) is 0 Å². The molecule has 8 nitrogen and oxygen atoms in total. The lowest BCUT2D eigenvalue weighted by Crippen LogP contribution is -2.32. The minimum absolute atomic E-state index is 0.0877. The summed E-state index contributed by atoms with van der Waals surface area (Å²) in [4.78, 5) is 22.9. The minimum Gasteiger partial charge on any atom is -0.506 e. The number of anilines is 2. The normalized spacial score (nSPS) is 19.7. The smallest absolute Gasteiger partial charge is 0.210 e. The fraction of sp³-hybridized carbons (Fsp3) is 0.600. The van der Waals surface area contributed by atoms with Crippen molar-refractivity contribution in [2.75, 3.05) is 36.0 Å². The third-order valence-corrected chi connectivity index (χ3v) is 17.3.